The minimum Gasteiger partial charge on any atom is -0.478 e. The summed E-state index contributed by atoms with van der Waals surface area (Å²) in [5.74, 6) is 1.38. The number of aryl methyl sites for hydroxylation is 1. The van der Waals surface area contributed by atoms with Gasteiger partial charge in [0.05, 0.1) is 6.61 Å². The number of ether oxygens (including phenoxy) is 1. The first kappa shape index (κ1) is 13.6. The van der Waals surface area contributed by atoms with Crippen molar-refractivity contribution in [2.45, 2.75) is 32.6 Å². The fourth-order valence-electron chi connectivity index (χ4n) is 2.30. The second-order valence-electron chi connectivity index (χ2n) is 4.82. The van der Waals surface area contributed by atoms with Gasteiger partial charge >= 0.3 is 0 Å². The molecule has 1 aromatic heterocycles. The standard InChI is InChI=1S/C13H20ClN3O/c1-10-8-12(17-13(14)16-10)18-7-3-5-11-4-2-6-15-9-11/h8,11,15H,2-7,9H2,1H3/t11-/m1/s1. The second kappa shape index (κ2) is 6.90. The Kier molecular flexibility index (Phi) is 5.20. The molecule has 0 aromatic carbocycles. The average molecular weight is 270 g/mol. The van der Waals surface area contributed by atoms with Crippen LogP contribution in [0.3, 0.4) is 0 Å². The summed E-state index contributed by atoms with van der Waals surface area (Å²) < 4.78 is 5.60. The first-order valence-electron chi connectivity index (χ1n) is 6.59. The van der Waals surface area contributed by atoms with Gasteiger partial charge in [0.1, 0.15) is 0 Å². The Morgan fingerprint density at radius 2 is 2.39 bits per heavy atom. The third-order valence-corrected chi connectivity index (χ3v) is 3.38. The van der Waals surface area contributed by atoms with E-state index in [4.69, 9.17) is 16.3 Å². The predicted molar refractivity (Wildman–Crippen MR) is 72.1 cm³/mol. The number of nitrogens with zero attached hydrogens (tertiary/aromatic N) is 2. The van der Waals surface area contributed by atoms with Crippen LogP contribution >= 0.6 is 11.6 Å². The van der Waals surface area contributed by atoms with Gasteiger partial charge in [0.15, 0.2) is 0 Å². The fraction of sp³-hybridized carbons (Fsp3) is 0.692. The number of halogens is 1. The second-order valence-corrected chi connectivity index (χ2v) is 5.16. The van der Waals surface area contributed by atoms with E-state index in [1.165, 1.54) is 25.8 Å². The summed E-state index contributed by atoms with van der Waals surface area (Å²) in [4.78, 5) is 8.04. The molecular formula is C13H20ClN3O. The topological polar surface area (TPSA) is 47.0 Å². The molecule has 1 N–H and O–H groups in total. The van der Waals surface area contributed by atoms with E-state index >= 15 is 0 Å². The van der Waals surface area contributed by atoms with E-state index in [1.807, 2.05) is 13.0 Å². The number of aromatic nitrogens is 2. The van der Waals surface area contributed by atoms with Crippen LogP contribution in [0.15, 0.2) is 6.07 Å². The highest BCUT2D eigenvalue weighted by Gasteiger charge is 2.12. The van der Waals surface area contributed by atoms with Gasteiger partial charge in [0, 0.05) is 11.8 Å². The van der Waals surface area contributed by atoms with Gasteiger partial charge in [0.25, 0.3) is 0 Å². The van der Waals surface area contributed by atoms with Crippen molar-refractivity contribution < 1.29 is 4.74 Å². The molecule has 0 radical (unpaired) electrons. The number of hydrogen-bond acceptors (Lipinski definition) is 4. The molecule has 5 heteroatoms. The third kappa shape index (κ3) is 4.42. The smallest absolute Gasteiger partial charge is 0.225 e. The Hall–Kier alpha value is -0.870. The van der Waals surface area contributed by atoms with Crippen LogP contribution in [0.4, 0.5) is 0 Å². The average Bonchev–Trinajstić information content (AvgIpc) is 2.35. The van der Waals surface area contributed by atoms with Gasteiger partial charge in [-0.1, -0.05) is 0 Å². The molecule has 1 aromatic rings. The van der Waals surface area contributed by atoms with Gasteiger partial charge in [-0.3, -0.25) is 0 Å². The molecule has 0 aliphatic carbocycles. The van der Waals surface area contributed by atoms with Crippen molar-refractivity contribution in [1.29, 1.82) is 0 Å². The molecule has 1 aliphatic heterocycles. The number of piperidine rings is 1. The first-order chi connectivity index (χ1) is 8.74. The van der Waals surface area contributed by atoms with Crippen LogP contribution in [-0.2, 0) is 0 Å². The van der Waals surface area contributed by atoms with Gasteiger partial charge in [-0.25, -0.2) is 4.98 Å². The zero-order valence-corrected chi connectivity index (χ0v) is 11.5. The normalized spacial score (nSPS) is 19.8. The summed E-state index contributed by atoms with van der Waals surface area (Å²) in [5.41, 5.74) is 0.835. The summed E-state index contributed by atoms with van der Waals surface area (Å²) in [6, 6.07) is 1.81. The van der Waals surface area contributed by atoms with Gasteiger partial charge in [-0.05, 0) is 63.2 Å². The lowest BCUT2D eigenvalue weighted by Crippen LogP contribution is -2.29. The van der Waals surface area contributed by atoms with Crippen molar-refractivity contribution in [3.8, 4) is 5.88 Å². The monoisotopic (exact) mass is 269 g/mol. The molecule has 1 atom stereocenters. The van der Waals surface area contributed by atoms with Crippen molar-refractivity contribution in [3.05, 3.63) is 17.0 Å². The lowest BCUT2D eigenvalue weighted by atomic mass is 9.95. The van der Waals surface area contributed by atoms with Crippen LogP contribution in [-0.4, -0.2) is 29.7 Å². The van der Waals surface area contributed by atoms with Crippen molar-refractivity contribution in [3.63, 3.8) is 0 Å². The Bertz CT molecular complexity index is 360. The molecule has 1 aliphatic rings. The Labute approximate surface area is 113 Å². The van der Waals surface area contributed by atoms with Crippen molar-refractivity contribution in [2.24, 2.45) is 5.92 Å². The van der Waals surface area contributed by atoms with Crippen molar-refractivity contribution >= 4 is 11.6 Å². The Morgan fingerprint density at radius 1 is 1.50 bits per heavy atom. The molecule has 0 saturated carbocycles. The van der Waals surface area contributed by atoms with Crippen LogP contribution in [0, 0.1) is 12.8 Å². The first-order valence-corrected chi connectivity index (χ1v) is 6.96. The zero-order valence-electron chi connectivity index (χ0n) is 10.8. The van der Waals surface area contributed by atoms with Gasteiger partial charge in [0.2, 0.25) is 11.2 Å². The minimum absolute atomic E-state index is 0.251. The van der Waals surface area contributed by atoms with Crippen LogP contribution in [0.1, 0.15) is 31.4 Å². The van der Waals surface area contributed by atoms with Crippen molar-refractivity contribution in [2.75, 3.05) is 19.7 Å². The van der Waals surface area contributed by atoms with Crippen LogP contribution in [0.2, 0.25) is 5.28 Å². The van der Waals surface area contributed by atoms with E-state index in [0.717, 1.165) is 24.6 Å². The molecule has 2 heterocycles. The van der Waals surface area contributed by atoms with E-state index in [-0.39, 0.29) is 5.28 Å². The Balaban J connectivity index is 1.68. The van der Waals surface area contributed by atoms with E-state index in [9.17, 15) is 0 Å². The highest BCUT2D eigenvalue weighted by molar-refractivity contribution is 6.28. The lowest BCUT2D eigenvalue weighted by molar-refractivity contribution is 0.267. The maximum absolute atomic E-state index is 5.77. The summed E-state index contributed by atoms with van der Waals surface area (Å²) >= 11 is 5.77. The number of rotatable bonds is 5. The Morgan fingerprint density at radius 3 is 3.11 bits per heavy atom. The largest absolute Gasteiger partial charge is 0.478 e. The molecule has 1 saturated heterocycles. The van der Waals surface area contributed by atoms with Crippen molar-refractivity contribution in [1.82, 2.24) is 15.3 Å². The maximum atomic E-state index is 5.77. The van der Waals surface area contributed by atoms with E-state index < -0.39 is 0 Å². The van der Waals surface area contributed by atoms with Gasteiger partial charge in [-0.2, -0.15) is 4.98 Å². The molecule has 4 nitrogen and oxygen atoms in total. The fourth-order valence-corrected chi connectivity index (χ4v) is 2.51. The predicted octanol–water partition coefficient (Wildman–Crippen LogP) is 2.60. The van der Waals surface area contributed by atoms with Gasteiger partial charge in [-0.15, -0.1) is 0 Å². The minimum atomic E-state index is 0.251. The summed E-state index contributed by atoms with van der Waals surface area (Å²) in [5, 5.41) is 3.68. The summed E-state index contributed by atoms with van der Waals surface area (Å²) in [7, 11) is 0. The molecule has 2 rings (SSSR count). The van der Waals surface area contributed by atoms with E-state index in [0.29, 0.717) is 12.5 Å². The number of nitrogens with one attached hydrogen (secondary N) is 1. The lowest BCUT2D eigenvalue weighted by Gasteiger charge is -2.22. The molecule has 0 unspecified atom stereocenters. The quantitative estimate of drug-likeness (QED) is 0.659. The molecule has 100 valence electrons. The highest BCUT2D eigenvalue weighted by Crippen LogP contribution is 2.17. The van der Waals surface area contributed by atoms with E-state index in [1.54, 1.807) is 0 Å². The molecular weight excluding hydrogens is 250 g/mol. The molecule has 0 spiro atoms. The molecule has 0 bridgehead atoms. The SMILES string of the molecule is Cc1cc(OCCC[C@H]2CCCNC2)nc(Cl)n1. The molecule has 0 amide bonds. The summed E-state index contributed by atoms with van der Waals surface area (Å²) in [6.45, 7) is 4.90. The van der Waals surface area contributed by atoms with E-state index in [2.05, 4.69) is 15.3 Å². The third-order valence-electron chi connectivity index (χ3n) is 3.21. The summed E-state index contributed by atoms with van der Waals surface area (Å²) in [6.07, 6.45) is 4.91. The van der Waals surface area contributed by atoms with Crippen LogP contribution in [0.5, 0.6) is 5.88 Å². The zero-order chi connectivity index (χ0) is 12.8. The molecule has 18 heavy (non-hydrogen) atoms. The van der Waals surface area contributed by atoms with Crippen LogP contribution < -0.4 is 10.1 Å². The molecule has 1 fully saturated rings. The number of hydrogen-bond donors (Lipinski definition) is 1. The van der Waals surface area contributed by atoms with Crippen LogP contribution in [0.25, 0.3) is 0 Å². The maximum Gasteiger partial charge on any atom is 0.225 e. The highest BCUT2D eigenvalue weighted by atomic mass is 35.5. The van der Waals surface area contributed by atoms with Gasteiger partial charge < -0.3 is 10.1 Å².